The molecule has 2 aromatic heterocycles. The van der Waals surface area contributed by atoms with Crippen LogP contribution in [0.2, 0.25) is 0 Å². The van der Waals surface area contributed by atoms with E-state index in [0.717, 1.165) is 7.94 Å². The molecule has 0 bridgehead atoms. The van der Waals surface area contributed by atoms with Crippen LogP contribution in [0.1, 0.15) is 0 Å². The molecule has 2 heterocycles. The molecule has 6 nitrogen and oxygen atoms in total. The Morgan fingerprint density at radius 1 is 0.714 bits per heavy atom. The van der Waals surface area contributed by atoms with Crippen LogP contribution in [-0.2, 0) is 10.2 Å². The van der Waals surface area contributed by atoms with E-state index in [1.54, 1.807) is 36.4 Å². The average molecular weight is 298 g/mol. The first-order valence-electron chi connectivity index (χ1n) is 6.28. The van der Waals surface area contributed by atoms with Crippen LogP contribution in [0.15, 0.2) is 61.2 Å². The summed E-state index contributed by atoms with van der Waals surface area (Å²) >= 11 is 0. The van der Waals surface area contributed by atoms with Crippen LogP contribution >= 0.6 is 0 Å². The molecule has 0 spiro atoms. The molecule has 0 aliphatic carbocycles. The van der Waals surface area contributed by atoms with Gasteiger partial charge >= 0.3 is 10.2 Å². The van der Waals surface area contributed by atoms with Crippen molar-refractivity contribution in [2.45, 2.75) is 0 Å². The summed E-state index contributed by atoms with van der Waals surface area (Å²) in [6.45, 7) is 0. The van der Waals surface area contributed by atoms with Crippen molar-refractivity contribution in [3.05, 3.63) is 61.2 Å². The number of aromatic nitrogens is 4. The standard InChI is InChI=1S/C14H10N4O2S/c19-21(20,17-9-15-11-5-1-3-7-13(11)17)18-10-16-12-6-2-4-8-14(12)18/h1-10H. The van der Waals surface area contributed by atoms with Gasteiger partial charge in [0.05, 0.1) is 22.1 Å². The van der Waals surface area contributed by atoms with Gasteiger partial charge in [-0.1, -0.05) is 24.3 Å². The third-order valence-electron chi connectivity index (χ3n) is 3.34. The third-order valence-corrected chi connectivity index (χ3v) is 4.92. The van der Waals surface area contributed by atoms with Crippen molar-refractivity contribution in [1.29, 1.82) is 0 Å². The van der Waals surface area contributed by atoms with E-state index in [-0.39, 0.29) is 0 Å². The minimum Gasteiger partial charge on any atom is -0.236 e. The van der Waals surface area contributed by atoms with Crippen LogP contribution in [0, 0.1) is 0 Å². The Labute approximate surface area is 120 Å². The van der Waals surface area contributed by atoms with Crippen LogP contribution in [-0.4, -0.2) is 26.3 Å². The van der Waals surface area contributed by atoms with Gasteiger partial charge in [-0.25, -0.2) is 17.9 Å². The van der Waals surface area contributed by atoms with Crippen LogP contribution in [0.4, 0.5) is 0 Å². The number of imidazole rings is 2. The molecule has 0 fully saturated rings. The average Bonchev–Trinajstić information content (AvgIpc) is 3.12. The van der Waals surface area contributed by atoms with Crippen molar-refractivity contribution in [2.75, 3.05) is 0 Å². The van der Waals surface area contributed by atoms with Gasteiger partial charge < -0.3 is 0 Å². The van der Waals surface area contributed by atoms with E-state index >= 15 is 0 Å². The van der Waals surface area contributed by atoms with E-state index in [4.69, 9.17) is 0 Å². The Balaban J connectivity index is 2.02. The molecule has 0 amide bonds. The Hall–Kier alpha value is -2.67. The maximum Gasteiger partial charge on any atom is 0.336 e. The van der Waals surface area contributed by atoms with Gasteiger partial charge in [0, 0.05) is 0 Å². The summed E-state index contributed by atoms with van der Waals surface area (Å²) in [6, 6.07) is 14.2. The zero-order valence-corrected chi connectivity index (χ0v) is 11.6. The first kappa shape index (κ1) is 12.1. The number of hydrogen-bond donors (Lipinski definition) is 0. The van der Waals surface area contributed by atoms with E-state index < -0.39 is 10.2 Å². The van der Waals surface area contributed by atoms with Gasteiger partial charge in [0.25, 0.3) is 0 Å². The van der Waals surface area contributed by atoms with Gasteiger partial charge in [-0.3, -0.25) is 0 Å². The lowest BCUT2D eigenvalue weighted by atomic mass is 10.3. The zero-order valence-electron chi connectivity index (χ0n) is 10.8. The predicted octanol–water partition coefficient (Wildman–Crippen LogP) is 2.03. The monoisotopic (exact) mass is 298 g/mol. The summed E-state index contributed by atoms with van der Waals surface area (Å²) in [5.74, 6) is 0. The quantitative estimate of drug-likeness (QED) is 0.568. The summed E-state index contributed by atoms with van der Waals surface area (Å²) in [5.41, 5.74) is 2.33. The molecule has 4 aromatic rings. The first-order valence-corrected chi connectivity index (χ1v) is 7.68. The smallest absolute Gasteiger partial charge is 0.236 e. The lowest BCUT2D eigenvalue weighted by Crippen LogP contribution is -2.19. The summed E-state index contributed by atoms with van der Waals surface area (Å²) in [5, 5.41) is 0. The minimum absolute atomic E-state index is 0.537. The van der Waals surface area contributed by atoms with Crippen molar-refractivity contribution in [1.82, 2.24) is 17.9 Å². The largest absolute Gasteiger partial charge is 0.336 e. The third kappa shape index (κ3) is 1.67. The molecule has 7 heteroatoms. The Kier molecular flexibility index (Phi) is 2.40. The Morgan fingerprint density at radius 2 is 1.14 bits per heavy atom. The van der Waals surface area contributed by atoms with Gasteiger partial charge in [-0.15, -0.1) is 0 Å². The number of benzene rings is 2. The van der Waals surface area contributed by atoms with Gasteiger partial charge in [0.2, 0.25) is 0 Å². The number of nitrogens with zero attached hydrogens (tertiary/aromatic N) is 4. The molecule has 0 aliphatic heterocycles. The molecule has 21 heavy (non-hydrogen) atoms. The molecule has 0 N–H and O–H groups in total. The topological polar surface area (TPSA) is 69.8 Å². The molecule has 0 unspecified atom stereocenters. The van der Waals surface area contributed by atoms with Crippen LogP contribution in [0.3, 0.4) is 0 Å². The second-order valence-electron chi connectivity index (χ2n) is 4.57. The Bertz CT molecular complexity index is 983. The lowest BCUT2D eigenvalue weighted by Gasteiger charge is -2.08. The molecule has 0 saturated heterocycles. The second-order valence-corrected chi connectivity index (χ2v) is 6.25. The van der Waals surface area contributed by atoms with Crippen LogP contribution in [0.25, 0.3) is 22.1 Å². The summed E-state index contributed by atoms with van der Waals surface area (Å²) in [4.78, 5) is 8.25. The van der Waals surface area contributed by atoms with Crippen molar-refractivity contribution in [3.8, 4) is 0 Å². The highest BCUT2D eigenvalue weighted by Crippen LogP contribution is 2.19. The zero-order chi connectivity index (χ0) is 14.4. The molecule has 0 aliphatic rings. The number of fused-ring (bicyclic) bond motifs is 2. The highest BCUT2D eigenvalue weighted by atomic mass is 32.2. The summed E-state index contributed by atoms with van der Waals surface area (Å²) in [7, 11) is -3.80. The number of para-hydroxylation sites is 4. The fourth-order valence-corrected chi connectivity index (χ4v) is 3.66. The molecule has 104 valence electrons. The number of rotatable bonds is 2. The molecular weight excluding hydrogens is 288 g/mol. The fourth-order valence-electron chi connectivity index (χ4n) is 2.34. The summed E-state index contributed by atoms with van der Waals surface area (Å²) < 4.78 is 28.0. The molecule has 4 rings (SSSR count). The SMILES string of the molecule is O=S(=O)(n1cnc2ccccc21)n1cnc2ccccc21. The van der Waals surface area contributed by atoms with Crippen molar-refractivity contribution < 1.29 is 8.42 Å². The fraction of sp³-hybridized carbons (Fsp3) is 0. The number of hydrogen-bond acceptors (Lipinski definition) is 4. The van der Waals surface area contributed by atoms with E-state index in [1.165, 1.54) is 12.7 Å². The van der Waals surface area contributed by atoms with Crippen LogP contribution in [0.5, 0.6) is 0 Å². The van der Waals surface area contributed by atoms with E-state index in [9.17, 15) is 8.42 Å². The predicted molar refractivity (Wildman–Crippen MR) is 79.2 cm³/mol. The van der Waals surface area contributed by atoms with Crippen molar-refractivity contribution >= 4 is 32.3 Å². The second kappa shape index (κ2) is 4.16. The summed E-state index contributed by atoms with van der Waals surface area (Å²) in [6.07, 6.45) is 2.63. The van der Waals surface area contributed by atoms with Crippen molar-refractivity contribution in [3.63, 3.8) is 0 Å². The molecule has 2 aromatic carbocycles. The molecular formula is C14H10N4O2S. The van der Waals surface area contributed by atoms with E-state index in [2.05, 4.69) is 9.97 Å². The van der Waals surface area contributed by atoms with Gasteiger partial charge in [-0.2, -0.15) is 8.42 Å². The highest BCUT2D eigenvalue weighted by Gasteiger charge is 2.20. The van der Waals surface area contributed by atoms with Crippen LogP contribution < -0.4 is 0 Å². The minimum atomic E-state index is -3.80. The highest BCUT2D eigenvalue weighted by molar-refractivity contribution is 7.88. The maximum absolute atomic E-state index is 12.8. The van der Waals surface area contributed by atoms with Gasteiger partial charge in [-0.05, 0) is 24.3 Å². The maximum atomic E-state index is 12.8. The normalized spacial score (nSPS) is 12.2. The van der Waals surface area contributed by atoms with Crippen molar-refractivity contribution in [2.24, 2.45) is 0 Å². The van der Waals surface area contributed by atoms with E-state index in [0.29, 0.717) is 22.1 Å². The first-order chi connectivity index (χ1) is 10.2. The molecule has 0 atom stereocenters. The lowest BCUT2D eigenvalue weighted by molar-refractivity contribution is 0.581. The van der Waals surface area contributed by atoms with Gasteiger partial charge in [0.15, 0.2) is 0 Å². The molecule has 0 radical (unpaired) electrons. The Morgan fingerprint density at radius 3 is 1.62 bits per heavy atom. The van der Waals surface area contributed by atoms with E-state index in [1.807, 2.05) is 12.1 Å². The molecule has 0 saturated carbocycles. The van der Waals surface area contributed by atoms with Gasteiger partial charge in [0.1, 0.15) is 12.7 Å².